The van der Waals surface area contributed by atoms with Gasteiger partial charge < -0.3 is 9.64 Å². The number of hydrogen-bond donors (Lipinski definition) is 1. The normalized spacial score (nSPS) is 20.1. The van der Waals surface area contributed by atoms with Gasteiger partial charge in [-0.2, -0.15) is 41.3 Å². The number of halogens is 13. The van der Waals surface area contributed by atoms with Crippen LogP contribution in [0.2, 0.25) is 0 Å². The van der Waals surface area contributed by atoms with Crippen molar-refractivity contribution < 1.29 is 57.8 Å². The maximum absolute atomic E-state index is 15.1. The monoisotopic (exact) mass is 870 g/mol. The molecule has 1 fully saturated rings. The molecular formula is C28H19Br2F11N6O2S. The second-order valence-corrected chi connectivity index (χ2v) is 13.4. The lowest BCUT2D eigenvalue weighted by Gasteiger charge is -2.41. The molecule has 0 bridgehead atoms. The van der Waals surface area contributed by atoms with Gasteiger partial charge in [0.05, 0.1) is 53.7 Å². The molecule has 2 unspecified atom stereocenters. The second-order valence-electron chi connectivity index (χ2n) is 11.1. The Bertz CT molecular complexity index is 2070. The number of carbonyl (C=O) groups excluding carboxylic acids is 1. The van der Waals surface area contributed by atoms with E-state index in [-0.39, 0.29) is 18.0 Å². The number of hydrogen-bond acceptors (Lipinski definition) is 7. The third-order valence-electron chi connectivity index (χ3n) is 8.10. The van der Waals surface area contributed by atoms with E-state index in [1.807, 2.05) is 0 Å². The van der Waals surface area contributed by atoms with Crippen molar-refractivity contribution in [2.24, 2.45) is 0 Å². The summed E-state index contributed by atoms with van der Waals surface area (Å²) in [6.07, 6.45) is -18.5. The van der Waals surface area contributed by atoms with E-state index in [0.29, 0.717) is 34.0 Å². The van der Waals surface area contributed by atoms with Gasteiger partial charge in [-0.1, -0.05) is 31.9 Å². The van der Waals surface area contributed by atoms with Crippen molar-refractivity contribution in [2.45, 2.75) is 56.3 Å². The number of alkyl halides is 11. The van der Waals surface area contributed by atoms with Crippen LogP contribution in [0.3, 0.4) is 0 Å². The average molecular weight is 872 g/mol. The van der Waals surface area contributed by atoms with E-state index < -0.39 is 115 Å². The number of esters is 1. The number of thiol groups is 1. The summed E-state index contributed by atoms with van der Waals surface area (Å²) in [6, 6.07) is 0.833. The summed E-state index contributed by atoms with van der Waals surface area (Å²) in [5.41, 5.74) is -6.74. The molecule has 2 aliphatic heterocycles. The van der Waals surface area contributed by atoms with Crippen molar-refractivity contribution in [2.75, 3.05) is 18.2 Å². The number of allylic oxidation sites excluding steroid dienone is 1. The zero-order valence-corrected chi connectivity index (χ0v) is 28.8. The maximum atomic E-state index is 15.1. The van der Waals surface area contributed by atoms with E-state index in [9.17, 15) is 48.7 Å². The van der Waals surface area contributed by atoms with Gasteiger partial charge in [0.15, 0.2) is 0 Å². The fraction of sp³-hybridized carbons (Fsp3) is 0.393. The molecule has 0 saturated carbocycles. The van der Waals surface area contributed by atoms with E-state index >= 15 is 4.39 Å². The highest BCUT2D eigenvalue weighted by Gasteiger charge is 2.57. The van der Waals surface area contributed by atoms with Gasteiger partial charge in [0.2, 0.25) is 0 Å². The number of ether oxygens (including phenoxy) is 1. The van der Waals surface area contributed by atoms with Crippen LogP contribution in [0.1, 0.15) is 54.9 Å². The SMILES string of the molecule is CCOC(=O)CC1=C2CC(F)CN2C(S)(n2cc3c(C(F)(F)F)cc(Br)c(C(F)F)c3n2)N1n1cc2c(C(F)(F)F)cc(Br)c(C(F)F)c2n1. The number of fused-ring (bicyclic) bond motifs is 3. The summed E-state index contributed by atoms with van der Waals surface area (Å²) in [7, 11) is 0. The van der Waals surface area contributed by atoms with Crippen molar-refractivity contribution in [1.29, 1.82) is 0 Å². The molecule has 270 valence electrons. The molecule has 2 aromatic heterocycles. The molecule has 6 rings (SSSR count). The minimum absolute atomic E-state index is 0.0442. The fourth-order valence-corrected chi connectivity index (χ4v) is 7.85. The Labute approximate surface area is 295 Å². The quantitative estimate of drug-likeness (QED) is 0.114. The third kappa shape index (κ3) is 5.77. The average Bonchev–Trinajstić information content (AvgIpc) is 3.74. The molecule has 0 N–H and O–H groups in total. The Hall–Kier alpha value is -3.27. The molecule has 4 aromatic rings. The molecule has 8 nitrogen and oxygen atoms in total. The van der Waals surface area contributed by atoms with E-state index in [0.717, 1.165) is 9.91 Å². The smallest absolute Gasteiger partial charge is 0.417 e. The summed E-state index contributed by atoms with van der Waals surface area (Å²) in [4.78, 5) is 14.6. The zero-order valence-electron chi connectivity index (χ0n) is 24.7. The van der Waals surface area contributed by atoms with Crippen LogP contribution in [-0.2, 0) is 27.0 Å². The van der Waals surface area contributed by atoms with E-state index in [1.165, 1.54) is 6.92 Å². The first-order chi connectivity index (χ1) is 23.2. The Kier molecular flexibility index (Phi) is 9.09. The first-order valence-corrected chi connectivity index (χ1v) is 16.2. The highest BCUT2D eigenvalue weighted by atomic mass is 79.9. The molecule has 1 saturated heterocycles. The Morgan fingerprint density at radius 3 is 1.98 bits per heavy atom. The van der Waals surface area contributed by atoms with Gasteiger partial charge in [-0.05, 0) is 19.1 Å². The zero-order chi connectivity index (χ0) is 36.8. The van der Waals surface area contributed by atoms with Gasteiger partial charge in [0.1, 0.15) is 17.2 Å². The number of carbonyl (C=O) groups is 1. The second kappa shape index (κ2) is 12.4. The molecule has 2 aromatic carbocycles. The van der Waals surface area contributed by atoms with Crippen molar-refractivity contribution in [3.63, 3.8) is 0 Å². The molecule has 2 atom stereocenters. The number of benzene rings is 2. The first-order valence-electron chi connectivity index (χ1n) is 14.2. The van der Waals surface area contributed by atoms with Crippen molar-refractivity contribution in [3.05, 3.63) is 67.1 Å². The van der Waals surface area contributed by atoms with Crippen molar-refractivity contribution >= 4 is 72.3 Å². The summed E-state index contributed by atoms with van der Waals surface area (Å²) >= 11 is 10.2. The van der Waals surface area contributed by atoms with Crippen LogP contribution in [0.4, 0.5) is 48.3 Å². The van der Waals surface area contributed by atoms with Crippen LogP contribution in [-0.4, -0.2) is 49.9 Å². The summed E-state index contributed by atoms with van der Waals surface area (Å²) in [5.74, 6) is -0.947. The first kappa shape index (κ1) is 36.5. The standard InChI is InChI=1S/C28H19Br2F11N6O2S/c1-2-49-19(48)6-18-17-3-10(31)7-44(17)28(50,45-8-11-13(26(36,37)38)4-15(29)20(24(32)33)22(11)42-45)47(18)46-9-12-14(27(39,40)41)5-16(30)21(25(34)35)23(12)43-46/h4-5,8-10,24-25,50H,2-3,6-7H2,1H3. The fourth-order valence-electron chi connectivity index (χ4n) is 6.15. The largest absolute Gasteiger partial charge is 0.466 e. The number of aromatic nitrogens is 4. The Balaban J connectivity index is 1.70. The predicted octanol–water partition coefficient (Wildman–Crippen LogP) is 9.18. The van der Waals surface area contributed by atoms with E-state index in [1.54, 1.807) is 0 Å². The number of nitrogens with zero attached hydrogens (tertiary/aromatic N) is 6. The van der Waals surface area contributed by atoms with Gasteiger partial charge in [0, 0.05) is 38.0 Å². The molecule has 0 radical (unpaired) electrons. The summed E-state index contributed by atoms with van der Waals surface area (Å²) in [5, 5.41) is 4.72. The Morgan fingerprint density at radius 2 is 1.48 bits per heavy atom. The molecule has 4 heterocycles. The third-order valence-corrected chi connectivity index (χ3v) is 10.0. The summed E-state index contributed by atoms with van der Waals surface area (Å²) < 4.78 is 162. The minimum Gasteiger partial charge on any atom is -0.466 e. The Morgan fingerprint density at radius 1 is 0.960 bits per heavy atom. The van der Waals surface area contributed by atoms with Gasteiger partial charge in [-0.25, -0.2) is 31.6 Å². The van der Waals surface area contributed by atoms with Crippen LogP contribution in [0.25, 0.3) is 21.8 Å². The topological polar surface area (TPSA) is 68.4 Å². The molecule has 0 spiro atoms. The van der Waals surface area contributed by atoms with Gasteiger partial charge in [0.25, 0.3) is 18.0 Å². The highest BCUT2D eigenvalue weighted by molar-refractivity contribution is 9.10. The molecule has 0 aliphatic carbocycles. The predicted molar refractivity (Wildman–Crippen MR) is 164 cm³/mol. The lowest BCUT2D eigenvalue weighted by Crippen LogP contribution is -2.57. The lowest BCUT2D eigenvalue weighted by atomic mass is 10.1. The van der Waals surface area contributed by atoms with E-state index in [2.05, 4.69) is 54.7 Å². The van der Waals surface area contributed by atoms with Gasteiger partial charge in [-0.15, -0.1) is 12.6 Å². The minimum atomic E-state index is -5.11. The molecular weight excluding hydrogens is 853 g/mol. The maximum Gasteiger partial charge on any atom is 0.417 e. The van der Waals surface area contributed by atoms with Crippen LogP contribution < -0.4 is 5.01 Å². The van der Waals surface area contributed by atoms with Crippen LogP contribution in [0.5, 0.6) is 0 Å². The summed E-state index contributed by atoms with van der Waals surface area (Å²) in [6.45, 7) is 0.725. The van der Waals surface area contributed by atoms with E-state index in [4.69, 9.17) is 4.74 Å². The van der Waals surface area contributed by atoms with Gasteiger partial charge in [-0.3, -0.25) is 4.79 Å². The van der Waals surface area contributed by atoms with Crippen molar-refractivity contribution in [1.82, 2.24) is 24.6 Å². The van der Waals surface area contributed by atoms with Gasteiger partial charge >= 0.3 is 18.3 Å². The van der Waals surface area contributed by atoms with Crippen LogP contribution >= 0.6 is 44.5 Å². The molecule has 2 aliphatic rings. The van der Waals surface area contributed by atoms with Crippen molar-refractivity contribution in [3.8, 4) is 0 Å². The number of rotatable bonds is 7. The highest BCUT2D eigenvalue weighted by Crippen LogP contribution is 2.51. The molecule has 22 heteroatoms. The van der Waals surface area contributed by atoms with Crippen LogP contribution in [0.15, 0.2) is 44.9 Å². The van der Waals surface area contributed by atoms with Crippen LogP contribution in [0, 0.1) is 0 Å². The lowest BCUT2D eigenvalue weighted by molar-refractivity contribution is -0.142. The molecule has 0 amide bonds. The molecule has 50 heavy (non-hydrogen) atoms.